The topological polar surface area (TPSA) is 133 Å². The Morgan fingerprint density at radius 2 is 1.68 bits per heavy atom. The van der Waals surface area contributed by atoms with Crippen LogP contribution in [0.15, 0.2) is 52.1 Å². The smallest absolute Gasteiger partial charge is 0.277 e. The van der Waals surface area contributed by atoms with Gasteiger partial charge in [0.1, 0.15) is 11.5 Å². The van der Waals surface area contributed by atoms with Crippen molar-refractivity contribution in [2.24, 2.45) is 0 Å². The van der Waals surface area contributed by atoms with Gasteiger partial charge < -0.3 is 19.2 Å². The first kappa shape index (κ1) is 22.4. The van der Waals surface area contributed by atoms with Crippen LogP contribution in [0.25, 0.3) is 11.5 Å². The first-order valence-electron chi connectivity index (χ1n) is 8.83. The van der Waals surface area contributed by atoms with Crippen molar-refractivity contribution in [3.05, 3.63) is 42.5 Å². The summed E-state index contributed by atoms with van der Waals surface area (Å²) in [6, 6.07) is 11.5. The van der Waals surface area contributed by atoms with Crippen molar-refractivity contribution in [2.45, 2.75) is 5.22 Å². The normalized spacial score (nSPS) is 11.1. The summed E-state index contributed by atoms with van der Waals surface area (Å²) in [4.78, 5) is 12.3. The minimum Gasteiger partial charge on any atom is -0.497 e. The molecule has 0 aliphatic heterocycles. The van der Waals surface area contributed by atoms with Crippen LogP contribution in [0, 0.1) is 0 Å². The van der Waals surface area contributed by atoms with Crippen molar-refractivity contribution in [1.29, 1.82) is 0 Å². The van der Waals surface area contributed by atoms with E-state index >= 15 is 0 Å². The quantitative estimate of drug-likeness (QED) is 0.459. The van der Waals surface area contributed by atoms with Gasteiger partial charge in [0, 0.05) is 35.1 Å². The number of methoxy groups -OCH3 is 2. The zero-order valence-electron chi connectivity index (χ0n) is 16.9. The van der Waals surface area contributed by atoms with Crippen molar-refractivity contribution in [2.75, 3.05) is 36.3 Å². The Morgan fingerprint density at radius 3 is 2.26 bits per heavy atom. The van der Waals surface area contributed by atoms with Crippen LogP contribution >= 0.6 is 11.8 Å². The van der Waals surface area contributed by atoms with Gasteiger partial charge in [-0.1, -0.05) is 11.8 Å². The number of nitrogens with zero attached hydrogens (tertiary/aromatic N) is 2. The van der Waals surface area contributed by atoms with Crippen molar-refractivity contribution in [3.63, 3.8) is 0 Å². The second kappa shape index (κ2) is 9.71. The Bertz CT molecular complexity index is 1140. The largest absolute Gasteiger partial charge is 0.497 e. The fourth-order valence-corrected chi connectivity index (χ4v) is 3.61. The predicted octanol–water partition coefficient (Wildman–Crippen LogP) is 2.86. The molecule has 0 radical (unpaired) electrons. The van der Waals surface area contributed by atoms with Gasteiger partial charge in [0.2, 0.25) is 21.8 Å². The summed E-state index contributed by atoms with van der Waals surface area (Å²) in [7, 11) is -0.299. The number of thioether (sulfide) groups is 1. The van der Waals surface area contributed by atoms with E-state index in [4.69, 9.17) is 13.9 Å². The maximum absolute atomic E-state index is 12.3. The summed E-state index contributed by atoms with van der Waals surface area (Å²) >= 11 is 1.09. The molecule has 0 unspecified atom stereocenters. The van der Waals surface area contributed by atoms with E-state index < -0.39 is 10.0 Å². The monoisotopic (exact) mass is 464 g/mol. The van der Waals surface area contributed by atoms with Gasteiger partial charge in [-0.15, -0.1) is 10.2 Å². The van der Waals surface area contributed by atoms with Crippen LogP contribution in [-0.4, -0.2) is 50.8 Å². The van der Waals surface area contributed by atoms with Crippen molar-refractivity contribution >= 4 is 39.1 Å². The number of carbonyl (C=O) groups excluding carboxylic acids is 1. The van der Waals surface area contributed by atoms with Gasteiger partial charge in [0.25, 0.3) is 5.22 Å². The van der Waals surface area contributed by atoms with E-state index in [-0.39, 0.29) is 22.8 Å². The molecule has 0 bridgehead atoms. The van der Waals surface area contributed by atoms with Gasteiger partial charge in [0.15, 0.2) is 0 Å². The van der Waals surface area contributed by atoms with Gasteiger partial charge in [-0.25, -0.2) is 8.42 Å². The second-order valence-corrected chi connectivity index (χ2v) is 8.94. The first-order chi connectivity index (χ1) is 14.8. The summed E-state index contributed by atoms with van der Waals surface area (Å²) in [5.74, 6) is 1.16. The highest BCUT2D eigenvalue weighted by Crippen LogP contribution is 2.27. The molecule has 0 fully saturated rings. The highest BCUT2D eigenvalue weighted by molar-refractivity contribution is 7.99. The van der Waals surface area contributed by atoms with Crippen LogP contribution in [0.2, 0.25) is 0 Å². The molecule has 10 nitrogen and oxygen atoms in total. The molecule has 2 aromatic carbocycles. The van der Waals surface area contributed by atoms with Crippen molar-refractivity contribution in [3.8, 4) is 23.0 Å². The standard InChI is InChI=1S/C19H20N4O6S2/c1-27-15-8-14(9-16(10-15)28-2)20-17(24)11-30-19-22-21-18(29-19)12-4-6-13(7-5-12)23-31(3,25)26/h4-10,23H,11H2,1-3H3,(H,20,24). The lowest BCUT2D eigenvalue weighted by atomic mass is 10.2. The number of ether oxygens (including phenoxy) is 2. The average Bonchev–Trinajstić information content (AvgIpc) is 3.20. The van der Waals surface area contributed by atoms with E-state index in [9.17, 15) is 13.2 Å². The van der Waals surface area contributed by atoms with E-state index in [1.165, 1.54) is 14.2 Å². The molecule has 164 valence electrons. The number of aromatic nitrogens is 2. The zero-order valence-corrected chi connectivity index (χ0v) is 18.5. The van der Waals surface area contributed by atoms with Crippen LogP contribution in [0.1, 0.15) is 0 Å². The van der Waals surface area contributed by atoms with E-state index in [0.29, 0.717) is 28.4 Å². The van der Waals surface area contributed by atoms with Crippen molar-refractivity contribution < 1.29 is 27.1 Å². The number of hydrogen-bond donors (Lipinski definition) is 2. The number of rotatable bonds is 9. The highest BCUT2D eigenvalue weighted by Gasteiger charge is 2.13. The maximum atomic E-state index is 12.3. The molecule has 0 saturated carbocycles. The fourth-order valence-electron chi connectivity index (χ4n) is 2.48. The van der Waals surface area contributed by atoms with Crippen LogP contribution in [0.4, 0.5) is 11.4 Å². The van der Waals surface area contributed by atoms with E-state index in [1.807, 2.05) is 0 Å². The van der Waals surface area contributed by atoms with Crippen molar-refractivity contribution in [1.82, 2.24) is 10.2 Å². The zero-order chi connectivity index (χ0) is 22.4. The molecule has 0 saturated heterocycles. The van der Waals surface area contributed by atoms with Gasteiger partial charge >= 0.3 is 0 Å². The van der Waals surface area contributed by atoms with Gasteiger partial charge in [-0.3, -0.25) is 9.52 Å². The number of nitrogens with one attached hydrogen (secondary N) is 2. The summed E-state index contributed by atoms with van der Waals surface area (Å²) in [5, 5.41) is 10.9. The summed E-state index contributed by atoms with van der Waals surface area (Å²) in [6.45, 7) is 0. The molecular weight excluding hydrogens is 444 g/mol. The van der Waals surface area contributed by atoms with Gasteiger partial charge in [-0.05, 0) is 24.3 Å². The molecule has 0 atom stereocenters. The molecule has 31 heavy (non-hydrogen) atoms. The molecule has 1 heterocycles. The van der Waals surface area contributed by atoms with Crippen LogP contribution in [0.5, 0.6) is 11.5 Å². The number of anilines is 2. The first-order valence-corrected chi connectivity index (χ1v) is 11.7. The lowest BCUT2D eigenvalue weighted by Gasteiger charge is -2.09. The third kappa shape index (κ3) is 6.62. The molecule has 3 rings (SSSR count). The number of benzene rings is 2. The van der Waals surface area contributed by atoms with E-state index in [2.05, 4.69) is 20.2 Å². The Morgan fingerprint density at radius 1 is 1.03 bits per heavy atom. The molecule has 12 heteroatoms. The number of carbonyl (C=O) groups is 1. The van der Waals surface area contributed by atoms with Crippen LogP contribution in [0.3, 0.4) is 0 Å². The summed E-state index contributed by atoms with van der Waals surface area (Å²) in [6.07, 6.45) is 1.07. The third-order valence-corrected chi connectivity index (χ3v) is 5.23. The van der Waals surface area contributed by atoms with E-state index in [1.54, 1.807) is 42.5 Å². The SMILES string of the molecule is COc1cc(NC(=O)CSc2nnc(-c3ccc(NS(C)(=O)=O)cc3)o2)cc(OC)c1. The lowest BCUT2D eigenvalue weighted by Crippen LogP contribution is -2.14. The molecule has 3 aromatic rings. The minimum absolute atomic E-state index is 0.0539. The van der Waals surface area contributed by atoms with Crippen LogP contribution < -0.4 is 19.5 Å². The van der Waals surface area contributed by atoms with Crippen LogP contribution in [-0.2, 0) is 14.8 Å². The fraction of sp³-hybridized carbons (Fsp3) is 0.211. The third-order valence-electron chi connectivity index (χ3n) is 3.80. The number of sulfonamides is 1. The Labute approximate surface area is 183 Å². The Hall–Kier alpha value is -3.25. The van der Waals surface area contributed by atoms with E-state index in [0.717, 1.165) is 18.0 Å². The number of hydrogen-bond acceptors (Lipinski definition) is 9. The molecular formula is C19H20N4O6S2. The van der Waals surface area contributed by atoms with Gasteiger partial charge in [0.05, 0.1) is 26.2 Å². The number of amides is 1. The molecule has 1 amide bonds. The highest BCUT2D eigenvalue weighted by atomic mass is 32.2. The second-order valence-electron chi connectivity index (χ2n) is 6.26. The van der Waals surface area contributed by atoms with Gasteiger partial charge in [-0.2, -0.15) is 0 Å². The molecule has 0 aliphatic rings. The Balaban J connectivity index is 1.58. The molecule has 0 spiro atoms. The molecule has 1 aromatic heterocycles. The average molecular weight is 465 g/mol. The molecule has 0 aliphatic carbocycles. The summed E-state index contributed by atoms with van der Waals surface area (Å²) < 4.78 is 40.8. The lowest BCUT2D eigenvalue weighted by molar-refractivity contribution is -0.113. The maximum Gasteiger partial charge on any atom is 0.277 e. The Kier molecular flexibility index (Phi) is 7.02. The summed E-state index contributed by atoms with van der Waals surface area (Å²) in [5.41, 5.74) is 1.58. The minimum atomic E-state index is -3.35. The molecule has 2 N–H and O–H groups in total. The predicted molar refractivity (Wildman–Crippen MR) is 117 cm³/mol.